The molecule has 0 aromatic heterocycles. The van der Waals surface area contributed by atoms with Crippen molar-refractivity contribution < 1.29 is 9.84 Å². The fourth-order valence-corrected chi connectivity index (χ4v) is 9.47. The van der Waals surface area contributed by atoms with Crippen molar-refractivity contribution in [3.05, 3.63) is 11.6 Å². The molecule has 4 rings (SSSR count). The van der Waals surface area contributed by atoms with Gasteiger partial charge in [-0.05, 0) is 111 Å². The Hall–Kier alpha value is -0.340. The van der Waals surface area contributed by atoms with Crippen LogP contribution in [0.1, 0.15) is 143 Å². The Morgan fingerprint density at radius 1 is 0.889 bits per heavy atom. The standard InChI is InChI=1S/C34H60O2/c1-26(2)13-9-10-14-27-16-18-31-30-17-15-28-25-29(36-24-12-8-6-5-7-11-23-35)19-21-34(28,4)32(30)20-22-33(27,31)3/h15,26-27,29-32,35H,5-14,16-25H2,1-4H3/t27-,29?,30-,31?,32?,33+,34-/m0/s1. The molecule has 2 nitrogen and oxygen atoms in total. The van der Waals surface area contributed by atoms with Gasteiger partial charge in [-0.3, -0.25) is 0 Å². The molecule has 36 heavy (non-hydrogen) atoms. The summed E-state index contributed by atoms with van der Waals surface area (Å²) >= 11 is 0. The van der Waals surface area contributed by atoms with Crippen molar-refractivity contribution >= 4 is 0 Å². The van der Waals surface area contributed by atoms with E-state index in [1.165, 1.54) is 109 Å². The number of hydrogen-bond acceptors (Lipinski definition) is 2. The van der Waals surface area contributed by atoms with Crippen LogP contribution in [0.25, 0.3) is 0 Å². The lowest BCUT2D eigenvalue weighted by molar-refractivity contribution is -0.0589. The number of allylic oxidation sites excluding steroid dienone is 1. The zero-order valence-electron chi connectivity index (χ0n) is 24.5. The minimum atomic E-state index is 0.347. The lowest BCUT2D eigenvalue weighted by Gasteiger charge is -2.58. The van der Waals surface area contributed by atoms with E-state index in [0.717, 1.165) is 42.6 Å². The van der Waals surface area contributed by atoms with Crippen LogP contribution in [0, 0.1) is 40.4 Å². The summed E-state index contributed by atoms with van der Waals surface area (Å²) in [5, 5.41) is 8.90. The van der Waals surface area contributed by atoms with E-state index < -0.39 is 0 Å². The van der Waals surface area contributed by atoms with E-state index in [1.807, 2.05) is 0 Å². The molecule has 1 N–H and O–H groups in total. The van der Waals surface area contributed by atoms with Gasteiger partial charge in [0.25, 0.3) is 0 Å². The monoisotopic (exact) mass is 500 g/mol. The molecule has 0 heterocycles. The molecular weight excluding hydrogens is 440 g/mol. The number of unbranched alkanes of at least 4 members (excludes halogenated alkanes) is 6. The van der Waals surface area contributed by atoms with Gasteiger partial charge in [-0.25, -0.2) is 0 Å². The first kappa shape index (κ1) is 28.7. The average Bonchev–Trinajstić information content (AvgIpc) is 3.19. The van der Waals surface area contributed by atoms with Gasteiger partial charge in [-0.15, -0.1) is 0 Å². The SMILES string of the molecule is CC(C)CCCC[C@H]1CCC2[C@@H]3CC=C4CC(OCCCCCCCCO)CC[C@]4(C)C3CC[C@@]21C. The van der Waals surface area contributed by atoms with Gasteiger partial charge in [0.15, 0.2) is 0 Å². The maximum Gasteiger partial charge on any atom is 0.0612 e. The van der Waals surface area contributed by atoms with Gasteiger partial charge >= 0.3 is 0 Å². The highest BCUT2D eigenvalue weighted by molar-refractivity contribution is 5.25. The molecule has 4 aliphatic rings. The molecule has 2 heteroatoms. The smallest absolute Gasteiger partial charge is 0.0612 e. The largest absolute Gasteiger partial charge is 0.396 e. The highest BCUT2D eigenvalue weighted by atomic mass is 16.5. The third-order valence-corrected chi connectivity index (χ3v) is 11.7. The van der Waals surface area contributed by atoms with Crippen LogP contribution in [-0.4, -0.2) is 24.4 Å². The highest BCUT2D eigenvalue weighted by Crippen LogP contribution is 2.66. The Labute approximate surface area is 224 Å². The maximum atomic E-state index is 8.90. The summed E-state index contributed by atoms with van der Waals surface area (Å²) in [7, 11) is 0. The third-order valence-electron chi connectivity index (χ3n) is 11.7. The zero-order chi connectivity index (χ0) is 25.6. The molecule has 0 radical (unpaired) electrons. The number of rotatable bonds is 14. The van der Waals surface area contributed by atoms with Crippen molar-refractivity contribution in [3.8, 4) is 0 Å². The van der Waals surface area contributed by atoms with E-state index >= 15 is 0 Å². The summed E-state index contributed by atoms with van der Waals surface area (Å²) in [6.07, 6.45) is 27.4. The topological polar surface area (TPSA) is 29.5 Å². The highest BCUT2D eigenvalue weighted by Gasteiger charge is 2.58. The van der Waals surface area contributed by atoms with Crippen LogP contribution < -0.4 is 0 Å². The van der Waals surface area contributed by atoms with Crippen molar-refractivity contribution in [2.24, 2.45) is 40.4 Å². The predicted octanol–water partition coefficient (Wildman–Crippen LogP) is 9.50. The first-order valence-electron chi connectivity index (χ1n) is 16.3. The van der Waals surface area contributed by atoms with Crippen LogP contribution >= 0.6 is 0 Å². The van der Waals surface area contributed by atoms with Gasteiger partial charge in [-0.2, -0.15) is 0 Å². The van der Waals surface area contributed by atoms with Crippen LogP contribution in [0.2, 0.25) is 0 Å². The molecule has 0 aromatic carbocycles. The Balaban J connectivity index is 1.26. The summed E-state index contributed by atoms with van der Waals surface area (Å²) in [5.74, 6) is 4.71. The molecule has 3 unspecified atom stereocenters. The number of hydrogen-bond donors (Lipinski definition) is 1. The second-order valence-corrected chi connectivity index (χ2v) is 14.3. The summed E-state index contributed by atoms with van der Waals surface area (Å²) < 4.78 is 6.42. The van der Waals surface area contributed by atoms with E-state index in [0.29, 0.717) is 23.5 Å². The van der Waals surface area contributed by atoms with Crippen molar-refractivity contribution in [1.29, 1.82) is 0 Å². The molecule has 0 spiro atoms. The van der Waals surface area contributed by atoms with Gasteiger partial charge in [0.1, 0.15) is 0 Å². The Morgan fingerprint density at radius 2 is 1.67 bits per heavy atom. The molecule has 208 valence electrons. The quantitative estimate of drug-likeness (QED) is 0.190. The minimum absolute atomic E-state index is 0.347. The average molecular weight is 501 g/mol. The second-order valence-electron chi connectivity index (χ2n) is 14.3. The van der Waals surface area contributed by atoms with Crippen molar-refractivity contribution in [2.75, 3.05) is 13.2 Å². The Morgan fingerprint density at radius 3 is 2.44 bits per heavy atom. The van der Waals surface area contributed by atoms with E-state index in [-0.39, 0.29) is 0 Å². The summed E-state index contributed by atoms with van der Waals surface area (Å²) in [5.41, 5.74) is 2.85. The molecule has 0 aliphatic heterocycles. The third kappa shape index (κ3) is 6.44. The van der Waals surface area contributed by atoms with Crippen molar-refractivity contribution in [3.63, 3.8) is 0 Å². The first-order valence-corrected chi connectivity index (χ1v) is 16.3. The van der Waals surface area contributed by atoms with Gasteiger partial charge < -0.3 is 9.84 Å². The summed E-state index contributed by atoms with van der Waals surface area (Å²) in [4.78, 5) is 0. The van der Waals surface area contributed by atoms with Gasteiger partial charge in [0, 0.05) is 13.2 Å². The van der Waals surface area contributed by atoms with Gasteiger partial charge in [0.05, 0.1) is 6.10 Å². The normalized spacial score (nSPS) is 37.9. The maximum absolute atomic E-state index is 8.90. The van der Waals surface area contributed by atoms with E-state index in [4.69, 9.17) is 9.84 Å². The van der Waals surface area contributed by atoms with E-state index in [9.17, 15) is 0 Å². The molecule has 7 atom stereocenters. The van der Waals surface area contributed by atoms with Crippen LogP contribution in [-0.2, 0) is 4.74 Å². The minimum Gasteiger partial charge on any atom is -0.396 e. The van der Waals surface area contributed by atoms with Crippen molar-refractivity contribution in [1.82, 2.24) is 0 Å². The van der Waals surface area contributed by atoms with Crippen LogP contribution in [0.15, 0.2) is 11.6 Å². The zero-order valence-corrected chi connectivity index (χ0v) is 24.5. The molecule has 3 fully saturated rings. The summed E-state index contributed by atoms with van der Waals surface area (Å²) in [6, 6.07) is 0. The van der Waals surface area contributed by atoms with Crippen molar-refractivity contribution in [2.45, 2.75) is 149 Å². The number of aliphatic hydroxyl groups is 1. The van der Waals surface area contributed by atoms with Gasteiger partial charge in [-0.1, -0.05) is 84.3 Å². The first-order chi connectivity index (χ1) is 17.4. The number of ether oxygens (including phenoxy) is 1. The molecule has 0 amide bonds. The molecule has 3 saturated carbocycles. The molecule has 0 saturated heterocycles. The predicted molar refractivity (Wildman–Crippen MR) is 153 cm³/mol. The Kier molecular flexibility index (Phi) is 10.5. The van der Waals surface area contributed by atoms with E-state index in [1.54, 1.807) is 5.57 Å². The molecule has 4 aliphatic carbocycles. The fraction of sp³-hybridized carbons (Fsp3) is 0.941. The number of fused-ring (bicyclic) bond motifs is 5. The van der Waals surface area contributed by atoms with Crippen LogP contribution in [0.4, 0.5) is 0 Å². The summed E-state index contributed by atoms with van der Waals surface area (Å²) in [6.45, 7) is 11.4. The Bertz CT molecular complexity index is 697. The molecule has 0 bridgehead atoms. The second kappa shape index (κ2) is 13.1. The van der Waals surface area contributed by atoms with Gasteiger partial charge in [0.2, 0.25) is 0 Å². The fourth-order valence-electron chi connectivity index (χ4n) is 9.47. The lowest BCUT2D eigenvalue weighted by Crippen LogP contribution is -2.50. The molecule has 0 aromatic rings. The van der Waals surface area contributed by atoms with E-state index in [2.05, 4.69) is 33.8 Å². The van der Waals surface area contributed by atoms with Crippen LogP contribution in [0.5, 0.6) is 0 Å². The van der Waals surface area contributed by atoms with Crippen LogP contribution in [0.3, 0.4) is 0 Å². The number of aliphatic hydroxyl groups excluding tert-OH is 1. The lowest BCUT2D eigenvalue weighted by atomic mass is 9.47. The molecular formula is C34H60O2.